The van der Waals surface area contributed by atoms with Crippen LogP contribution in [0.3, 0.4) is 0 Å². The highest BCUT2D eigenvalue weighted by Gasteiger charge is 2.33. The van der Waals surface area contributed by atoms with Crippen molar-refractivity contribution in [1.82, 2.24) is 10.2 Å². The fourth-order valence-electron chi connectivity index (χ4n) is 3.56. The molecule has 0 aromatic heterocycles. The van der Waals surface area contributed by atoms with E-state index < -0.39 is 4.92 Å². The van der Waals surface area contributed by atoms with Crippen LogP contribution in [0.25, 0.3) is 0 Å². The Bertz CT molecular complexity index is 609. The summed E-state index contributed by atoms with van der Waals surface area (Å²) in [5, 5.41) is 14.7. The highest BCUT2D eigenvalue weighted by Crippen LogP contribution is 2.30. The summed E-state index contributed by atoms with van der Waals surface area (Å²) in [7, 11) is 0. The second-order valence-corrected chi connectivity index (χ2v) is 7.07. The van der Waals surface area contributed by atoms with E-state index >= 15 is 0 Å². The third-order valence-electron chi connectivity index (χ3n) is 4.94. The van der Waals surface area contributed by atoms with Gasteiger partial charge in [-0.3, -0.25) is 14.9 Å². The zero-order chi connectivity index (χ0) is 16.4. The molecule has 2 saturated heterocycles. The molecule has 124 valence electrons. The molecule has 2 heterocycles. The van der Waals surface area contributed by atoms with Crippen LogP contribution in [-0.4, -0.2) is 48.2 Å². The van der Waals surface area contributed by atoms with Crippen LogP contribution in [-0.2, 0) is 0 Å². The van der Waals surface area contributed by atoms with Gasteiger partial charge >= 0.3 is 0 Å². The molecule has 1 aromatic carbocycles. The largest absolute Gasteiger partial charge is 0.338 e. The van der Waals surface area contributed by atoms with Crippen LogP contribution in [0.5, 0.6) is 0 Å². The second-order valence-electron chi connectivity index (χ2n) is 6.19. The molecule has 6 nitrogen and oxygen atoms in total. The Kier molecular flexibility index (Phi) is 4.87. The highest BCUT2D eigenvalue weighted by atomic mass is 32.2. The number of nitro benzene ring substituents is 1. The lowest BCUT2D eigenvalue weighted by molar-refractivity contribution is -0.385. The van der Waals surface area contributed by atoms with Gasteiger partial charge in [-0.25, -0.2) is 0 Å². The van der Waals surface area contributed by atoms with Crippen molar-refractivity contribution in [1.29, 1.82) is 0 Å². The van der Waals surface area contributed by atoms with Crippen LogP contribution >= 0.6 is 11.8 Å². The van der Waals surface area contributed by atoms with Crippen LogP contribution in [0.2, 0.25) is 0 Å². The topological polar surface area (TPSA) is 75.5 Å². The summed E-state index contributed by atoms with van der Waals surface area (Å²) in [6, 6.07) is 4.78. The maximum atomic E-state index is 12.9. The smallest absolute Gasteiger partial charge is 0.282 e. The summed E-state index contributed by atoms with van der Waals surface area (Å²) >= 11 is 1.48. The minimum Gasteiger partial charge on any atom is -0.338 e. The van der Waals surface area contributed by atoms with Gasteiger partial charge in [0.1, 0.15) is 5.56 Å². The number of nitro groups is 1. The van der Waals surface area contributed by atoms with Gasteiger partial charge in [0.2, 0.25) is 0 Å². The van der Waals surface area contributed by atoms with Gasteiger partial charge in [0.15, 0.2) is 0 Å². The summed E-state index contributed by atoms with van der Waals surface area (Å²) in [5.74, 6) is 1.04. The molecule has 23 heavy (non-hydrogen) atoms. The van der Waals surface area contributed by atoms with Crippen LogP contribution in [0, 0.1) is 22.0 Å². The first kappa shape index (κ1) is 16.3. The minimum atomic E-state index is -0.464. The van der Waals surface area contributed by atoms with Crippen LogP contribution in [0.1, 0.15) is 23.2 Å². The van der Waals surface area contributed by atoms with Crippen LogP contribution in [0.4, 0.5) is 5.69 Å². The van der Waals surface area contributed by atoms with E-state index in [1.54, 1.807) is 17.0 Å². The third-order valence-corrected chi connectivity index (χ3v) is 5.66. The van der Waals surface area contributed by atoms with E-state index in [-0.39, 0.29) is 17.2 Å². The maximum absolute atomic E-state index is 12.9. The van der Waals surface area contributed by atoms with Gasteiger partial charge in [0.05, 0.1) is 4.92 Å². The van der Waals surface area contributed by atoms with Crippen molar-refractivity contribution >= 4 is 23.4 Å². The van der Waals surface area contributed by atoms with Crippen LogP contribution < -0.4 is 5.32 Å². The molecule has 1 N–H and O–H groups in total. The maximum Gasteiger partial charge on any atom is 0.282 e. The predicted molar refractivity (Wildman–Crippen MR) is 89.9 cm³/mol. The summed E-state index contributed by atoms with van der Waals surface area (Å²) in [6.07, 6.45) is 3.84. The Morgan fingerprint density at radius 3 is 2.52 bits per heavy atom. The van der Waals surface area contributed by atoms with Gasteiger partial charge in [0, 0.05) is 24.1 Å². The molecule has 3 rings (SSSR count). The number of fused-ring (bicyclic) bond motifs is 1. The number of benzene rings is 1. The van der Waals surface area contributed by atoms with E-state index in [0.29, 0.717) is 24.9 Å². The number of hydrogen-bond donors (Lipinski definition) is 1. The molecule has 0 bridgehead atoms. The molecular formula is C16H21N3O3S. The number of nitrogens with zero attached hydrogens (tertiary/aromatic N) is 2. The first-order chi connectivity index (χ1) is 11.1. The van der Waals surface area contributed by atoms with Crippen LogP contribution in [0.15, 0.2) is 23.1 Å². The molecule has 2 fully saturated rings. The zero-order valence-electron chi connectivity index (χ0n) is 13.2. The fraction of sp³-hybridized carbons (Fsp3) is 0.562. The van der Waals surface area contributed by atoms with Gasteiger partial charge in [-0.2, -0.15) is 0 Å². The van der Waals surface area contributed by atoms with E-state index in [4.69, 9.17) is 0 Å². The quantitative estimate of drug-likeness (QED) is 0.521. The molecule has 2 atom stereocenters. The molecule has 0 saturated carbocycles. The Labute approximate surface area is 139 Å². The van der Waals surface area contributed by atoms with Crippen molar-refractivity contribution in [2.45, 2.75) is 17.7 Å². The number of carbonyl (C=O) groups is 1. The Morgan fingerprint density at radius 2 is 1.96 bits per heavy atom. The van der Waals surface area contributed by atoms with E-state index in [9.17, 15) is 14.9 Å². The van der Waals surface area contributed by atoms with Crippen molar-refractivity contribution in [2.75, 3.05) is 32.4 Å². The number of nitrogens with one attached hydrogen (secondary N) is 1. The standard InChI is InChI=1S/C16H21N3O3S/c1-23-13-2-3-15(19(21)22)14(8-13)16(20)18-6-4-11-9-17-10-12(11)5-7-18/h2-3,8,11-12,17H,4-7,9-10H2,1H3/t11-,12+. The Balaban J connectivity index is 1.83. The van der Waals surface area contributed by atoms with E-state index in [2.05, 4.69) is 5.32 Å². The number of likely N-dealkylation sites (tertiary alicyclic amines) is 1. The van der Waals surface area contributed by atoms with Gasteiger partial charge in [-0.1, -0.05) is 0 Å². The molecule has 2 aliphatic rings. The molecule has 0 aliphatic carbocycles. The van der Waals surface area contributed by atoms with Gasteiger partial charge < -0.3 is 10.2 Å². The minimum absolute atomic E-state index is 0.0982. The average molecular weight is 335 g/mol. The average Bonchev–Trinajstić information content (AvgIpc) is 2.92. The zero-order valence-corrected chi connectivity index (χ0v) is 14.0. The van der Waals surface area contributed by atoms with Crippen molar-refractivity contribution < 1.29 is 9.72 Å². The molecule has 1 aromatic rings. The normalized spacial score (nSPS) is 24.1. The summed E-state index contributed by atoms with van der Waals surface area (Å²) < 4.78 is 0. The lowest BCUT2D eigenvalue weighted by Gasteiger charge is -2.21. The monoisotopic (exact) mass is 335 g/mol. The van der Waals surface area contributed by atoms with Gasteiger partial charge in [0.25, 0.3) is 11.6 Å². The molecule has 0 unspecified atom stereocenters. The summed E-state index contributed by atoms with van der Waals surface area (Å²) in [5.41, 5.74) is 0.117. The van der Waals surface area contributed by atoms with E-state index in [1.807, 2.05) is 6.26 Å². The number of thioether (sulfide) groups is 1. The van der Waals surface area contributed by atoms with Gasteiger partial charge in [-0.15, -0.1) is 11.8 Å². The third kappa shape index (κ3) is 3.35. The molecule has 0 spiro atoms. The van der Waals surface area contributed by atoms with Crippen molar-refractivity contribution in [3.63, 3.8) is 0 Å². The molecular weight excluding hydrogens is 314 g/mol. The molecule has 0 radical (unpaired) electrons. The molecule has 1 amide bonds. The molecule has 2 aliphatic heterocycles. The predicted octanol–water partition coefficient (Wildman–Crippen LogP) is 2.39. The lowest BCUT2D eigenvalue weighted by atomic mass is 9.92. The number of carbonyl (C=O) groups excluding carboxylic acids is 1. The Morgan fingerprint density at radius 1 is 1.30 bits per heavy atom. The van der Waals surface area contributed by atoms with E-state index in [0.717, 1.165) is 30.8 Å². The summed E-state index contributed by atoms with van der Waals surface area (Å²) in [6.45, 7) is 3.41. The number of hydrogen-bond acceptors (Lipinski definition) is 5. The number of amides is 1. The van der Waals surface area contributed by atoms with Crippen molar-refractivity contribution in [2.24, 2.45) is 11.8 Å². The first-order valence-electron chi connectivity index (χ1n) is 7.92. The second kappa shape index (κ2) is 6.88. The van der Waals surface area contributed by atoms with E-state index in [1.165, 1.54) is 17.8 Å². The SMILES string of the molecule is CSc1ccc([N+](=O)[O-])c(C(=O)N2CC[C@@H]3CNC[C@@H]3CC2)c1. The number of rotatable bonds is 3. The fourth-order valence-corrected chi connectivity index (χ4v) is 4.00. The molecule has 7 heteroatoms. The van der Waals surface area contributed by atoms with Gasteiger partial charge in [-0.05, 0) is 56.2 Å². The summed E-state index contributed by atoms with van der Waals surface area (Å²) in [4.78, 5) is 26.3. The Hall–Kier alpha value is -1.60. The highest BCUT2D eigenvalue weighted by molar-refractivity contribution is 7.98. The first-order valence-corrected chi connectivity index (χ1v) is 9.15. The van der Waals surface area contributed by atoms with Crippen molar-refractivity contribution in [3.05, 3.63) is 33.9 Å². The lowest BCUT2D eigenvalue weighted by Crippen LogP contribution is -2.33. The van der Waals surface area contributed by atoms with Crippen molar-refractivity contribution in [3.8, 4) is 0 Å².